The predicted octanol–water partition coefficient (Wildman–Crippen LogP) is 3.48. The van der Waals surface area contributed by atoms with Crippen molar-refractivity contribution in [1.29, 1.82) is 0 Å². The third kappa shape index (κ3) is 5.09. The summed E-state index contributed by atoms with van der Waals surface area (Å²) in [5, 5.41) is 9.09. The van der Waals surface area contributed by atoms with Crippen LogP contribution in [-0.2, 0) is 9.53 Å². The van der Waals surface area contributed by atoms with Gasteiger partial charge in [0, 0.05) is 19.3 Å². The van der Waals surface area contributed by atoms with Gasteiger partial charge in [0.2, 0.25) is 5.95 Å². The van der Waals surface area contributed by atoms with Crippen LogP contribution in [0.4, 0.5) is 34.9 Å². The summed E-state index contributed by atoms with van der Waals surface area (Å²) in [5.41, 5.74) is -0.169. The molecule has 0 radical (unpaired) electrons. The fourth-order valence-electron chi connectivity index (χ4n) is 4.03. The maximum absolute atomic E-state index is 12.2. The van der Waals surface area contributed by atoms with E-state index >= 15 is 0 Å². The normalized spacial score (nSPS) is 20.9. The Bertz CT molecular complexity index is 1220. The van der Waals surface area contributed by atoms with Crippen LogP contribution < -0.4 is 25.6 Å². The first kappa shape index (κ1) is 22.8. The van der Waals surface area contributed by atoms with E-state index in [1.807, 2.05) is 12.1 Å². The summed E-state index contributed by atoms with van der Waals surface area (Å²) in [4.78, 5) is 32.2. The van der Waals surface area contributed by atoms with Gasteiger partial charge in [-0.3, -0.25) is 4.79 Å². The van der Waals surface area contributed by atoms with E-state index in [2.05, 4.69) is 54.6 Å². The van der Waals surface area contributed by atoms with E-state index in [-0.39, 0.29) is 18.1 Å². The molecule has 0 aliphatic carbocycles. The van der Waals surface area contributed by atoms with Gasteiger partial charge in [-0.25, -0.2) is 15.0 Å². The van der Waals surface area contributed by atoms with Gasteiger partial charge in [-0.2, -0.15) is 4.98 Å². The number of aromatic nitrogens is 4. The molecule has 1 amide bonds. The average molecular weight is 477 g/mol. The van der Waals surface area contributed by atoms with Crippen LogP contribution in [0.1, 0.15) is 27.7 Å². The molecule has 2 atom stereocenters. The molecule has 0 spiro atoms. The minimum atomic E-state index is -0.942. The van der Waals surface area contributed by atoms with Crippen LogP contribution in [0.25, 0.3) is 0 Å². The molecule has 5 heterocycles. The number of ether oxygens (including phenoxy) is 2. The number of carbonyl (C=O) groups is 1. The first-order chi connectivity index (χ1) is 16.7. The fourth-order valence-corrected chi connectivity index (χ4v) is 4.03. The van der Waals surface area contributed by atoms with Crippen LogP contribution in [0.15, 0.2) is 42.7 Å². The largest absolute Gasteiger partial charge is 0.474 e. The third-order valence-electron chi connectivity index (χ3n) is 5.66. The number of morpholine rings is 1. The van der Waals surface area contributed by atoms with Gasteiger partial charge in [0.05, 0.1) is 24.1 Å². The summed E-state index contributed by atoms with van der Waals surface area (Å²) >= 11 is 0. The van der Waals surface area contributed by atoms with E-state index in [9.17, 15) is 4.79 Å². The van der Waals surface area contributed by atoms with Crippen molar-refractivity contribution < 1.29 is 14.3 Å². The van der Waals surface area contributed by atoms with Crippen LogP contribution in [0.3, 0.4) is 0 Å². The minimum absolute atomic E-state index is 0.169. The predicted molar refractivity (Wildman–Crippen MR) is 133 cm³/mol. The van der Waals surface area contributed by atoms with Crippen molar-refractivity contribution in [3.8, 4) is 5.75 Å². The quantitative estimate of drug-likeness (QED) is 0.504. The van der Waals surface area contributed by atoms with Crippen molar-refractivity contribution in [2.24, 2.45) is 0 Å². The van der Waals surface area contributed by atoms with E-state index in [0.29, 0.717) is 29.2 Å². The molecule has 3 aromatic heterocycles. The molecule has 182 valence electrons. The lowest BCUT2D eigenvalue weighted by Crippen LogP contribution is -2.46. The van der Waals surface area contributed by atoms with Crippen LogP contribution in [-0.4, -0.2) is 56.7 Å². The summed E-state index contributed by atoms with van der Waals surface area (Å²) in [6, 6.07) is 9.18. The molecular formula is C24H28N8O3. The van der Waals surface area contributed by atoms with Gasteiger partial charge in [0.25, 0.3) is 5.91 Å². The Morgan fingerprint density at radius 2 is 1.77 bits per heavy atom. The van der Waals surface area contributed by atoms with Crippen LogP contribution >= 0.6 is 0 Å². The van der Waals surface area contributed by atoms with Gasteiger partial charge in [-0.05, 0) is 58.0 Å². The second-order valence-corrected chi connectivity index (χ2v) is 9.19. The second-order valence-electron chi connectivity index (χ2n) is 9.19. The molecule has 3 aromatic rings. The fraction of sp³-hybridized carbons (Fsp3) is 0.375. The topological polar surface area (TPSA) is 126 Å². The highest BCUT2D eigenvalue weighted by Gasteiger charge is 2.36. The average Bonchev–Trinajstić information content (AvgIpc) is 2.80. The molecule has 3 N–H and O–H groups in total. The zero-order chi connectivity index (χ0) is 24.6. The van der Waals surface area contributed by atoms with E-state index in [1.165, 1.54) is 0 Å². The molecule has 35 heavy (non-hydrogen) atoms. The number of hydrogen-bond donors (Lipinski definition) is 3. The number of nitrogens with one attached hydrogen (secondary N) is 3. The summed E-state index contributed by atoms with van der Waals surface area (Å²) in [7, 11) is 0. The Morgan fingerprint density at radius 3 is 2.51 bits per heavy atom. The maximum atomic E-state index is 12.2. The molecule has 2 aliphatic heterocycles. The lowest BCUT2D eigenvalue weighted by Gasteiger charge is -2.36. The maximum Gasteiger partial charge on any atom is 0.269 e. The number of rotatable bonds is 5. The molecule has 1 saturated heterocycles. The standard InChI is InChI=1S/C24H28N8O3/c1-14-12-32(13-15(2)34-14)20-8-5-16(11-26-20)27-23-25-10-9-19(30-23)28-18-7-6-17-21(29-18)31-22(33)24(3,4)35-17/h5-11,14-15H,12-13H2,1-4H3,(H3,25,27,28,29,30,31,33)/t14-,15+. The SMILES string of the molecule is C[C@@H]1CN(c2ccc(Nc3nccc(Nc4ccc5c(n4)NC(=O)C(C)(C)O5)n3)cn2)C[C@H](C)O1. The van der Waals surface area contributed by atoms with Gasteiger partial charge in [-0.1, -0.05) is 0 Å². The molecule has 0 bridgehead atoms. The van der Waals surface area contributed by atoms with Gasteiger partial charge in [0.15, 0.2) is 17.2 Å². The smallest absolute Gasteiger partial charge is 0.269 e. The highest BCUT2D eigenvalue weighted by Crippen LogP contribution is 2.33. The van der Waals surface area contributed by atoms with E-state index < -0.39 is 5.60 Å². The van der Waals surface area contributed by atoms with E-state index in [0.717, 1.165) is 24.6 Å². The summed E-state index contributed by atoms with van der Waals surface area (Å²) < 4.78 is 11.5. The van der Waals surface area contributed by atoms with Crippen LogP contribution in [0.5, 0.6) is 5.75 Å². The lowest BCUT2D eigenvalue weighted by molar-refractivity contribution is -0.129. The number of hydrogen-bond acceptors (Lipinski definition) is 10. The third-order valence-corrected chi connectivity index (χ3v) is 5.66. The minimum Gasteiger partial charge on any atom is -0.474 e. The van der Waals surface area contributed by atoms with Crippen molar-refractivity contribution in [2.45, 2.75) is 45.5 Å². The Labute approximate surface area is 203 Å². The van der Waals surface area contributed by atoms with Crippen molar-refractivity contribution in [1.82, 2.24) is 19.9 Å². The van der Waals surface area contributed by atoms with Crippen LogP contribution in [0.2, 0.25) is 0 Å². The molecule has 2 aliphatic rings. The first-order valence-electron chi connectivity index (χ1n) is 11.5. The zero-order valence-corrected chi connectivity index (χ0v) is 20.1. The monoisotopic (exact) mass is 476 g/mol. The molecule has 0 unspecified atom stereocenters. The van der Waals surface area contributed by atoms with E-state index in [4.69, 9.17) is 9.47 Å². The number of pyridine rings is 2. The Kier molecular flexibility index (Phi) is 5.85. The number of anilines is 6. The van der Waals surface area contributed by atoms with Crippen molar-refractivity contribution in [3.05, 3.63) is 42.7 Å². The lowest BCUT2D eigenvalue weighted by atomic mass is 10.1. The van der Waals surface area contributed by atoms with Gasteiger partial charge in [-0.15, -0.1) is 0 Å². The summed E-state index contributed by atoms with van der Waals surface area (Å²) in [5.74, 6) is 3.00. The molecular weight excluding hydrogens is 448 g/mol. The molecule has 0 saturated carbocycles. The van der Waals surface area contributed by atoms with Gasteiger partial charge < -0.3 is 30.3 Å². The molecule has 11 nitrogen and oxygen atoms in total. The van der Waals surface area contributed by atoms with E-state index in [1.54, 1.807) is 44.4 Å². The number of carbonyl (C=O) groups excluding carboxylic acids is 1. The molecule has 11 heteroatoms. The molecule has 5 rings (SSSR count). The van der Waals surface area contributed by atoms with Crippen molar-refractivity contribution >= 4 is 40.8 Å². The Balaban J connectivity index is 1.25. The van der Waals surface area contributed by atoms with Gasteiger partial charge >= 0.3 is 0 Å². The molecule has 0 aromatic carbocycles. The Hall–Kier alpha value is -3.99. The summed E-state index contributed by atoms with van der Waals surface area (Å²) in [6.45, 7) is 9.18. The van der Waals surface area contributed by atoms with Gasteiger partial charge in [0.1, 0.15) is 17.5 Å². The number of nitrogens with zero attached hydrogens (tertiary/aromatic N) is 5. The highest BCUT2D eigenvalue weighted by molar-refractivity contribution is 5.99. The first-order valence-corrected chi connectivity index (χ1v) is 11.5. The Morgan fingerprint density at radius 1 is 1.00 bits per heavy atom. The number of fused-ring (bicyclic) bond motifs is 1. The van der Waals surface area contributed by atoms with Crippen molar-refractivity contribution in [3.63, 3.8) is 0 Å². The number of amides is 1. The molecule has 1 fully saturated rings. The summed E-state index contributed by atoms with van der Waals surface area (Å²) in [6.07, 6.45) is 3.74. The second kappa shape index (κ2) is 8.99. The zero-order valence-electron chi connectivity index (χ0n) is 20.1. The van der Waals surface area contributed by atoms with Crippen LogP contribution in [0, 0.1) is 0 Å². The van der Waals surface area contributed by atoms with Crippen molar-refractivity contribution in [2.75, 3.05) is 33.9 Å². The highest BCUT2D eigenvalue weighted by atomic mass is 16.5.